The van der Waals surface area contributed by atoms with Gasteiger partial charge in [-0.15, -0.1) is 0 Å². The van der Waals surface area contributed by atoms with Crippen LogP contribution in [-0.4, -0.2) is 73.7 Å². The second-order valence-electron chi connectivity index (χ2n) is 8.45. The monoisotopic (exact) mass is 407 g/mol. The number of carbonyl (C=O) groups excluding carboxylic acids is 1. The van der Waals surface area contributed by atoms with E-state index in [1.54, 1.807) is 0 Å². The highest BCUT2D eigenvalue weighted by Crippen LogP contribution is 2.30. The van der Waals surface area contributed by atoms with Gasteiger partial charge in [0.25, 0.3) is 0 Å². The van der Waals surface area contributed by atoms with Gasteiger partial charge in [0, 0.05) is 51.4 Å². The zero-order valence-electron chi connectivity index (χ0n) is 18.0. The molecule has 5 heteroatoms. The molecule has 0 atom stereocenters. The summed E-state index contributed by atoms with van der Waals surface area (Å²) in [6.07, 6.45) is 1.61. The van der Waals surface area contributed by atoms with Gasteiger partial charge in [-0.25, -0.2) is 0 Å². The SMILES string of the molecule is CCC(=O)N(CC1(N2CCN(CCc3ccccc3)CC2)COC1)c1ccccc1. The topological polar surface area (TPSA) is 36.0 Å². The molecule has 2 aromatic carbocycles. The molecule has 2 aromatic rings. The number of anilines is 1. The molecule has 4 rings (SSSR count). The van der Waals surface area contributed by atoms with Crippen molar-refractivity contribution in [3.63, 3.8) is 0 Å². The number of para-hydroxylation sites is 1. The van der Waals surface area contributed by atoms with Crippen LogP contribution in [0, 0.1) is 0 Å². The number of piperazine rings is 1. The van der Waals surface area contributed by atoms with Crippen molar-refractivity contribution < 1.29 is 9.53 Å². The van der Waals surface area contributed by atoms with Gasteiger partial charge in [0.1, 0.15) is 0 Å². The molecule has 5 nitrogen and oxygen atoms in total. The Labute approximate surface area is 180 Å². The minimum absolute atomic E-state index is 0.0633. The summed E-state index contributed by atoms with van der Waals surface area (Å²) in [4.78, 5) is 19.8. The molecular formula is C25H33N3O2. The first-order chi connectivity index (χ1) is 14.7. The molecule has 30 heavy (non-hydrogen) atoms. The van der Waals surface area contributed by atoms with Gasteiger partial charge in [0.15, 0.2) is 0 Å². The lowest BCUT2D eigenvalue weighted by molar-refractivity contribution is -0.147. The highest BCUT2D eigenvalue weighted by atomic mass is 16.5. The fourth-order valence-corrected chi connectivity index (χ4v) is 4.51. The first-order valence-electron chi connectivity index (χ1n) is 11.1. The molecule has 2 saturated heterocycles. The Hall–Kier alpha value is -2.21. The second-order valence-corrected chi connectivity index (χ2v) is 8.45. The molecule has 0 bridgehead atoms. The smallest absolute Gasteiger partial charge is 0.226 e. The molecular weight excluding hydrogens is 374 g/mol. The first-order valence-corrected chi connectivity index (χ1v) is 11.1. The minimum Gasteiger partial charge on any atom is -0.377 e. The van der Waals surface area contributed by atoms with Crippen molar-refractivity contribution in [2.24, 2.45) is 0 Å². The Morgan fingerprint density at radius 1 is 0.967 bits per heavy atom. The van der Waals surface area contributed by atoms with Crippen LogP contribution < -0.4 is 4.90 Å². The molecule has 0 unspecified atom stereocenters. The number of benzene rings is 2. The van der Waals surface area contributed by atoms with Crippen molar-refractivity contribution in [1.29, 1.82) is 0 Å². The number of hydrogen-bond donors (Lipinski definition) is 0. The van der Waals surface area contributed by atoms with Crippen molar-refractivity contribution in [3.8, 4) is 0 Å². The van der Waals surface area contributed by atoms with Crippen LogP contribution >= 0.6 is 0 Å². The van der Waals surface area contributed by atoms with Crippen LogP contribution in [0.3, 0.4) is 0 Å². The lowest BCUT2D eigenvalue weighted by Gasteiger charge is -2.53. The Morgan fingerprint density at radius 3 is 2.17 bits per heavy atom. The molecule has 0 N–H and O–H groups in total. The molecule has 0 spiro atoms. The lowest BCUT2D eigenvalue weighted by Crippen LogP contribution is -2.70. The summed E-state index contributed by atoms with van der Waals surface area (Å²) in [6.45, 7) is 9.35. The number of ether oxygens (including phenoxy) is 1. The van der Waals surface area contributed by atoms with E-state index >= 15 is 0 Å². The molecule has 0 aromatic heterocycles. The third kappa shape index (κ3) is 4.75. The largest absolute Gasteiger partial charge is 0.377 e. The van der Waals surface area contributed by atoms with Crippen LogP contribution in [0.4, 0.5) is 5.69 Å². The van der Waals surface area contributed by atoms with Crippen LogP contribution in [0.5, 0.6) is 0 Å². The van der Waals surface area contributed by atoms with Crippen LogP contribution in [0.15, 0.2) is 60.7 Å². The van der Waals surface area contributed by atoms with E-state index < -0.39 is 0 Å². The van der Waals surface area contributed by atoms with Crippen LogP contribution in [-0.2, 0) is 16.0 Å². The first kappa shape index (κ1) is 21.0. The van der Waals surface area contributed by atoms with Crippen molar-refractivity contribution in [1.82, 2.24) is 9.80 Å². The average molecular weight is 408 g/mol. The van der Waals surface area contributed by atoms with Crippen LogP contribution in [0.25, 0.3) is 0 Å². The molecule has 1 amide bonds. The predicted molar refractivity (Wildman–Crippen MR) is 121 cm³/mol. The van der Waals surface area contributed by atoms with Gasteiger partial charge in [-0.3, -0.25) is 9.69 Å². The van der Waals surface area contributed by atoms with E-state index in [0.717, 1.165) is 44.8 Å². The lowest BCUT2D eigenvalue weighted by atomic mass is 9.92. The van der Waals surface area contributed by atoms with Gasteiger partial charge in [-0.05, 0) is 24.1 Å². The normalized spacial score (nSPS) is 19.2. The van der Waals surface area contributed by atoms with Crippen molar-refractivity contribution in [3.05, 3.63) is 66.2 Å². The second kappa shape index (κ2) is 9.73. The maximum atomic E-state index is 12.7. The third-order valence-corrected chi connectivity index (χ3v) is 6.47. The maximum Gasteiger partial charge on any atom is 0.226 e. The van der Waals surface area contributed by atoms with Crippen LogP contribution in [0.1, 0.15) is 18.9 Å². The van der Waals surface area contributed by atoms with E-state index in [2.05, 4.69) is 40.1 Å². The van der Waals surface area contributed by atoms with Crippen molar-refractivity contribution in [2.45, 2.75) is 25.3 Å². The average Bonchev–Trinajstić information content (AvgIpc) is 2.79. The Bertz CT molecular complexity index is 800. The number of carbonyl (C=O) groups is 1. The summed E-state index contributed by atoms with van der Waals surface area (Å²) in [7, 11) is 0. The quantitative estimate of drug-likeness (QED) is 0.674. The number of nitrogens with zero attached hydrogens (tertiary/aromatic N) is 3. The Morgan fingerprint density at radius 2 is 1.60 bits per heavy atom. The van der Waals surface area contributed by atoms with E-state index in [4.69, 9.17) is 4.74 Å². The highest BCUT2D eigenvalue weighted by Gasteiger charge is 2.47. The van der Waals surface area contributed by atoms with Crippen molar-refractivity contribution in [2.75, 3.05) is 57.4 Å². The number of hydrogen-bond acceptors (Lipinski definition) is 4. The van der Waals surface area contributed by atoms with E-state index in [1.165, 1.54) is 5.56 Å². The zero-order valence-corrected chi connectivity index (χ0v) is 18.0. The van der Waals surface area contributed by atoms with E-state index in [9.17, 15) is 4.79 Å². The third-order valence-electron chi connectivity index (χ3n) is 6.47. The van der Waals surface area contributed by atoms with Gasteiger partial charge in [-0.1, -0.05) is 55.5 Å². The van der Waals surface area contributed by atoms with Crippen molar-refractivity contribution >= 4 is 11.6 Å². The molecule has 2 fully saturated rings. The van der Waals surface area contributed by atoms with Gasteiger partial charge < -0.3 is 14.5 Å². The summed E-state index contributed by atoms with van der Waals surface area (Å²) in [5.41, 5.74) is 2.32. The fraction of sp³-hybridized carbons (Fsp3) is 0.480. The van der Waals surface area contributed by atoms with E-state index in [-0.39, 0.29) is 11.4 Å². The summed E-state index contributed by atoms with van der Waals surface area (Å²) >= 11 is 0. The molecule has 2 aliphatic rings. The standard InChI is InChI=1S/C25H33N3O2/c1-2-24(29)28(23-11-7-4-8-12-23)19-25(20-30-21-25)27-17-15-26(16-18-27)14-13-22-9-5-3-6-10-22/h3-12H,2,13-21H2,1H3. The predicted octanol–water partition coefficient (Wildman–Crippen LogP) is 3.06. The van der Waals surface area contributed by atoms with E-state index in [0.29, 0.717) is 26.2 Å². The molecule has 0 radical (unpaired) electrons. The fourth-order valence-electron chi connectivity index (χ4n) is 4.51. The van der Waals surface area contributed by atoms with E-state index in [1.807, 2.05) is 42.2 Å². The molecule has 0 aliphatic carbocycles. The Balaban J connectivity index is 1.37. The van der Waals surface area contributed by atoms with Gasteiger partial charge in [0.2, 0.25) is 5.91 Å². The summed E-state index contributed by atoms with van der Waals surface area (Å²) < 4.78 is 5.68. The number of rotatable bonds is 8. The molecule has 2 aliphatic heterocycles. The maximum absolute atomic E-state index is 12.7. The zero-order chi connectivity index (χ0) is 20.8. The summed E-state index contributed by atoms with van der Waals surface area (Å²) in [6, 6.07) is 20.8. The highest BCUT2D eigenvalue weighted by molar-refractivity contribution is 5.93. The van der Waals surface area contributed by atoms with Crippen LogP contribution in [0.2, 0.25) is 0 Å². The molecule has 2 heterocycles. The van der Waals surface area contributed by atoms with Gasteiger partial charge >= 0.3 is 0 Å². The Kier molecular flexibility index (Phi) is 6.82. The van der Waals surface area contributed by atoms with Gasteiger partial charge in [0.05, 0.1) is 18.8 Å². The van der Waals surface area contributed by atoms with Gasteiger partial charge in [-0.2, -0.15) is 0 Å². The molecule has 160 valence electrons. The minimum atomic E-state index is -0.0633. The molecule has 0 saturated carbocycles. The summed E-state index contributed by atoms with van der Waals surface area (Å²) in [5.74, 6) is 0.175. The number of amides is 1. The summed E-state index contributed by atoms with van der Waals surface area (Å²) in [5, 5.41) is 0.